The van der Waals surface area contributed by atoms with E-state index in [4.69, 9.17) is 4.74 Å². The molecule has 1 N–H and O–H groups in total. The number of hydrogen-bond acceptors (Lipinski definition) is 4. The Hall–Kier alpha value is -3.19. The summed E-state index contributed by atoms with van der Waals surface area (Å²) in [5, 5.41) is 8.07. The Morgan fingerprint density at radius 3 is 2.86 bits per heavy atom. The third kappa shape index (κ3) is 3.86. The summed E-state index contributed by atoms with van der Waals surface area (Å²) in [5.41, 5.74) is 2.61. The topological polar surface area (TPSA) is 58.2 Å². The van der Waals surface area contributed by atoms with Crippen molar-refractivity contribution in [3.05, 3.63) is 71.0 Å². The molecule has 0 saturated heterocycles. The highest BCUT2D eigenvalue weighted by Gasteiger charge is 2.21. The van der Waals surface area contributed by atoms with Crippen LogP contribution in [0.2, 0.25) is 0 Å². The number of fused-ring (bicyclic) bond motifs is 1. The molecule has 0 aliphatic heterocycles. The molecule has 2 aromatic carbocycles. The minimum atomic E-state index is -0.323. The van der Waals surface area contributed by atoms with Crippen LogP contribution in [0.25, 0.3) is 21.3 Å². The van der Waals surface area contributed by atoms with Crippen molar-refractivity contribution in [3.8, 4) is 16.2 Å². The molecule has 0 radical (unpaired) electrons. The van der Waals surface area contributed by atoms with E-state index in [9.17, 15) is 9.18 Å². The molecule has 148 valence electrons. The molecular weight excluding hydrogens is 389 g/mol. The largest absolute Gasteiger partial charge is 0.492 e. The molecule has 29 heavy (non-hydrogen) atoms. The van der Waals surface area contributed by atoms with Crippen molar-refractivity contribution in [2.75, 3.05) is 13.7 Å². The number of H-pyrrole nitrogens is 1. The maximum Gasteiger partial charge on any atom is 0.264 e. The molecule has 1 amide bonds. The first-order valence-corrected chi connectivity index (χ1v) is 10.1. The van der Waals surface area contributed by atoms with Crippen molar-refractivity contribution in [2.45, 2.75) is 13.5 Å². The second-order valence-corrected chi connectivity index (χ2v) is 7.71. The van der Waals surface area contributed by atoms with Crippen molar-refractivity contribution in [2.24, 2.45) is 0 Å². The van der Waals surface area contributed by atoms with Crippen LogP contribution in [-0.2, 0) is 6.54 Å². The average molecular weight is 409 g/mol. The number of ether oxygens (including phenoxy) is 1. The van der Waals surface area contributed by atoms with Gasteiger partial charge in [0.15, 0.2) is 0 Å². The first-order valence-electron chi connectivity index (χ1n) is 9.26. The van der Waals surface area contributed by atoms with Crippen LogP contribution in [0.1, 0.15) is 22.2 Å². The normalized spacial score (nSPS) is 11.0. The lowest BCUT2D eigenvalue weighted by Gasteiger charge is -2.16. The van der Waals surface area contributed by atoms with Crippen LogP contribution in [-0.4, -0.2) is 34.7 Å². The number of halogens is 1. The fourth-order valence-electron chi connectivity index (χ4n) is 3.25. The lowest BCUT2D eigenvalue weighted by atomic mass is 10.1. The van der Waals surface area contributed by atoms with Gasteiger partial charge < -0.3 is 9.64 Å². The fraction of sp³-hybridized carbons (Fsp3) is 0.182. The first-order chi connectivity index (χ1) is 14.1. The van der Waals surface area contributed by atoms with Crippen LogP contribution in [0.4, 0.5) is 4.39 Å². The summed E-state index contributed by atoms with van der Waals surface area (Å²) in [6.45, 7) is 2.78. The first kappa shape index (κ1) is 19.1. The van der Waals surface area contributed by atoms with Crippen LogP contribution >= 0.6 is 11.3 Å². The summed E-state index contributed by atoms with van der Waals surface area (Å²) in [4.78, 5) is 16.0. The van der Waals surface area contributed by atoms with Gasteiger partial charge in [0.05, 0.1) is 28.1 Å². The Kier molecular flexibility index (Phi) is 5.31. The van der Waals surface area contributed by atoms with E-state index >= 15 is 0 Å². The number of amides is 1. The van der Waals surface area contributed by atoms with E-state index in [1.807, 2.05) is 31.2 Å². The van der Waals surface area contributed by atoms with Crippen molar-refractivity contribution >= 4 is 28.1 Å². The van der Waals surface area contributed by atoms with E-state index in [1.54, 1.807) is 30.3 Å². The number of aromatic nitrogens is 2. The maximum atomic E-state index is 13.7. The number of carbonyl (C=O) groups excluding carboxylic acids is 1. The molecule has 0 spiro atoms. The van der Waals surface area contributed by atoms with Gasteiger partial charge in [0, 0.05) is 25.0 Å². The van der Waals surface area contributed by atoms with E-state index in [-0.39, 0.29) is 11.7 Å². The van der Waals surface area contributed by atoms with Crippen molar-refractivity contribution in [3.63, 3.8) is 0 Å². The number of nitrogens with zero attached hydrogens (tertiary/aromatic N) is 2. The summed E-state index contributed by atoms with van der Waals surface area (Å²) >= 11 is 1.31. The average Bonchev–Trinajstić information content (AvgIpc) is 3.35. The Labute approximate surface area is 171 Å². The third-order valence-electron chi connectivity index (χ3n) is 4.61. The van der Waals surface area contributed by atoms with Crippen LogP contribution in [0.3, 0.4) is 0 Å². The highest BCUT2D eigenvalue weighted by atomic mass is 32.1. The number of rotatable bonds is 6. The van der Waals surface area contributed by atoms with Crippen LogP contribution < -0.4 is 4.74 Å². The molecule has 0 fully saturated rings. The molecule has 0 saturated carbocycles. The third-order valence-corrected chi connectivity index (χ3v) is 5.77. The van der Waals surface area contributed by atoms with Crippen LogP contribution in [0.5, 0.6) is 5.75 Å². The van der Waals surface area contributed by atoms with E-state index in [2.05, 4.69) is 10.2 Å². The van der Waals surface area contributed by atoms with Gasteiger partial charge in [-0.05, 0) is 30.2 Å². The molecule has 0 atom stereocenters. The number of hydrogen-bond donors (Lipinski definition) is 1. The van der Waals surface area contributed by atoms with Gasteiger partial charge >= 0.3 is 0 Å². The summed E-state index contributed by atoms with van der Waals surface area (Å²) in [7, 11) is 1.76. The minimum absolute atomic E-state index is 0.116. The zero-order valence-corrected chi connectivity index (χ0v) is 16.9. The molecular formula is C22H20FN3O2S. The van der Waals surface area contributed by atoms with Gasteiger partial charge in [-0.25, -0.2) is 4.39 Å². The Morgan fingerprint density at radius 1 is 1.24 bits per heavy atom. The highest BCUT2D eigenvalue weighted by molar-refractivity contribution is 7.17. The van der Waals surface area contributed by atoms with E-state index in [1.165, 1.54) is 23.5 Å². The Bertz CT molecular complexity index is 1170. The van der Waals surface area contributed by atoms with Crippen molar-refractivity contribution in [1.29, 1.82) is 0 Å². The van der Waals surface area contributed by atoms with Gasteiger partial charge in [-0.1, -0.05) is 30.3 Å². The number of nitrogens with one attached hydrogen (secondary N) is 1. The standard InChI is InChI=1S/C22H20FN3O2S/c1-3-28-18-11-19(29-21(18)14-6-5-9-17(23)10-14)22(27)26(2)13-16-8-4-7-15-12-24-25-20(15)16/h4-12H,3,13H2,1-2H3,(H,24,25). The number of carbonyl (C=O) groups is 1. The summed E-state index contributed by atoms with van der Waals surface area (Å²) in [5.74, 6) is 0.154. The summed E-state index contributed by atoms with van der Waals surface area (Å²) in [6.07, 6.45) is 1.76. The highest BCUT2D eigenvalue weighted by Crippen LogP contribution is 2.39. The Morgan fingerprint density at radius 2 is 2.07 bits per heavy atom. The minimum Gasteiger partial charge on any atom is -0.492 e. The predicted octanol–water partition coefficient (Wildman–Crippen LogP) is 5.10. The quantitative estimate of drug-likeness (QED) is 0.482. The summed E-state index contributed by atoms with van der Waals surface area (Å²) in [6, 6.07) is 14.0. The molecule has 7 heteroatoms. The van der Waals surface area contributed by atoms with Gasteiger partial charge in [-0.15, -0.1) is 11.3 Å². The van der Waals surface area contributed by atoms with Gasteiger partial charge in [0.2, 0.25) is 0 Å². The van der Waals surface area contributed by atoms with Crippen LogP contribution in [0, 0.1) is 5.82 Å². The SMILES string of the molecule is CCOc1cc(C(=O)N(C)Cc2cccc3cn[nH]c23)sc1-c1cccc(F)c1. The van der Waals surface area contributed by atoms with E-state index in [0.29, 0.717) is 29.3 Å². The number of para-hydroxylation sites is 1. The molecule has 0 aliphatic rings. The number of thiophene rings is 1. The molecule has 0 bridgehead atoms. The molecule has 4 aromatic rings. The number of aromatic amines is 1. The lowest BCUT2D eigenvalue weighted by molar-refractivity contribution is 0.0790. The molecule has 0 unspecified atom stereocenters. The van der Waals surface area contributed by atoms with Gasteiger partial charge in [0.1, 0.15) is 11.6 Å². The van der Waals surface area contributed by atoms with E-state index < -0.39 is 0 Å². The second kappa shape index (κ2) is 8.05. The lowest BCUT2D eigenvalue weighted by Crippen LogP contribution is -2.25. The van der Waals surface area contributed by atoms with Crippen molar-refractivity contribution in [1.82, 2.24) is 15.1 Å². The predicted molar refractivity (Wildman–Crippen MR) is 113 cm³/mol. The second-order valence-electron chi connectivity index (χ2n) is 6.66. The van der Waals surface area contributed by atoms with Crippen LogP contribution in [0.15, 0.2) is 54.7 Å². The molecule has 4 rings (SSSR count). The fourth-order valence-corrected chi connectivity index (χ4v) is 4.34. The summed E-state index contributed by atoms with van der Waals surface area (Å²) < 4.78 is 19.4. The van der Waals surface area contributed by atoms with Crippen molar-refractivity contribution < 1.29 is 13.9 Å². The molecule has 0 aliphatic carbocycles. The zero-order valence-electron chi connectivity index (χ0n) is 16.1. The maximum absolute atomic E-state index is 13.7. The van der Waals surface area contributed by atoms with E-state index in [0.717, 1.165) is 21.3 Å². The monoisotopic (exact) mass is 409 g/mol. The molecule has 2 aromatic heterocycles. The number of benzene rings is 2. The zero-order chi connectivity index (χ0) is 20.4. The molecule has 2 heterocycles. The van der Waals surface area contributed by atoms with Gasteiger partial charge in [-0.2, -0.15) is 5.10 Å². The molecule has 5 nitrogen and oxygen atoms in total. The van der Waals surface area contributed by atoms with Gasteiger partial charge in [0.25, 0.3) is 5.91 Å². The Balaban J connectivity index is 1.62. The smallest absolute Gasteiger partial charge is 0.264 e. The van der Waals surface area contributed by atoms with Gasteiger partial charge in [-0.3, -0.25) is 9.89 Å².